The number of halogens is 1. The Balaban J connectivity index is 1.54. The number of nitrogens with zero attached hydrogens (tertiary/aromatic N) is 1. The van der Waals surface area contributed by atoms with Crippen LogP contribution in [0.3, 0.4) is 0 Å². The fourth-order valence-electron chi connectivity index (χ4n) is 4.06. The molecule has 0 spiro atoms. The van der Waals surface area contributed by atoms with Gasteiger partial charge in [-0.25, -0.2) is 4.79 Å². The summed E-state index contributed by atoms with van der Waals surface area (Å²) in [5.74, 6) is 0.645. The van der Waals surface area contributed by atoms with Crippen LogP contribution in [-0.4, -0.2) is 33.9 Å². The number of fused-ring (bicyclic) bond motifs is 2. The average molecular weight is 335 g/mol. The van der Waals surface area contributed by atoms with Gasteiger partial charge in [-0.2, -0.15) is 5.10 Å². The molecule has 1 aromatic carbocycles. The molecule has 0 radical (unpaired) electrons. The summed E-state index contributed by atoms with van der Waals surface area (Å²) in [5.41, 5.74) is 0.762. The molecule has 2 atom stereocenters. The number of carbonyl (C=O) groups is 1. The van der Waals surface area contributed by atoms with Gasteiger partial charge in [0.25, 0.3) is 0 Å². The maximum absolute atomic E-state index is 11.6. The van der Waals surface area contributed by atoms with Crippen molar-refractivity contribution in [3.05, 3.63) is 28.9 Å². The zero-order valence-electron chi connectivity index (χ0n) is 12.8. The van der Waals surface area contributed by atoms with E-state index in [0.29, 0.717) is 36.2 Å². The predicted molar refractivity (Wildman–Crippen MR) is 87.2 cm³/mol. The highest BCUT2D eigenvalue weighted by Crippen LogP contribution is 2.60. The first-order valence-corrected chi connectivity index (χ1v) is 8.29. The average Bonchev–Trinajstić information content (AvgIpc) is 2.90. The summed E-state index contributed by atoms with van der Waals surface area (Å²) < 4.78 is 0. The Morgan fingerprint density at radius 2 is 2.22 bits per heavy atom. The standard InChI is InChI=1S/C16H19ClN4O2/c1-2-18-15(22)20-14-9-5-16(23,6-10(9)14)12-3-8(17)4-13-11(12)7-19-21-13/h3-4,7,9-10,14,23H,2,5-6H2,1H3,(H,19,21)(H2,18,20,22). The quantitative estimate of drug-likeness (QED) is 0.693. The molecule has 2 fully saturated rings. The molecule has 6 nitrogen and oxygen atoms in total. The molecular formula is C16H19ClN4O2. The molecule has 2 amide bonds. The van der Waals surface area contributed by atoms with Gasteiger partial charge in [-0.3, -0.25) is 5.10 Å². The summed E-state index contributed by atoms with van der Waals surface area (Å²) in [6.45, 7) is 2.50. The Kier molecular flexibility index (Phi) is 3.28. The number of urea groups is 1. The van der Waals surface area contributed by atoms with E-state index in [-0.39, 0.29) is 12.1 Å². The topological polar surface area (TPSA) is 90.0 Å². The molecule has 7 heteroatoms. The van der Waals surface area contributed by atoms with Crippen LogP contribution in [0.25, 0.3) is 10.9 Å². The minimum Gasteiger partial charge on any atom is -0.385 e. The number of aromatic amines is 1. The van der Waals surface area contributed by atoms with Crippen molar-refractivity contribution in [3.8, 4) is 0 Å². The molecule has 1 aromatic heterocycles. The summed E-state index contributed by atoms with van der Waals surface area (Å²) in [4.78, 5) is 11.6. The van der Waals surface area contributed by atoms with Crippen molar-refractivity contribution in [2.75, 3.05) is 6.54 Å². The lowest BCUT2D eigenvalue weighted by Crippen LogP contribution is -2.39. The second-order valence-electron chi connectivity index (χ2n) is 6.58. The normalized spacial score (nSPS) is 31.9. The molecule has 2 aliphatic rings. The lowest BCUT2D eigenvalue weighted by atomic mass is 9.86. The number of aliphatic hydroxyl groups is 1. The van der Waals surface area contributed by atoms with Crippen LogP contribution in [0.15, 0.2) is 18.3 Å². The molecule has 4 N–H and O–H groups in total. The molecule has 2 aromatic rings. The maximum Gasteiger partial charge on any atom is 0.315 e. The second-order valence-corrected chi connectivity index (χ2v) is 7.02. The molecular weight excluding hydrogens is 316 g/mol. The summed E-state index contributed by atoms with van der Waals surface area (Å²) >= 11 is 6.18. The molecule has 2 aliphatic carbocycles. The van der Waals surface area contributed by atoms with Crippen LogP contribution in [0.1, 0.15) is 25.3 Å². The van der Waals surface area contributed by atoms with Gasteiger partial charge in [0.1, 0.15) is 0 Å². The summed E-state index contributed by atoms with van der Waals surface area (Å²) in [6.07, 6.45) is 3.00. The van der Waals surface area contributed by atoms with Crippen molar-refractivity contribution in [3.63, 3.8) is 0 Å². The van der Waals surface area contributed by atoms with Gasteiger partial charge < -0.3 is 15.7 Å². The predicted octanol–water partition coefficient (Wildman–Crippen LogP) is 2.13. The Morgan fingerprint density at radius 1 is 1.48 bits per heavy atom. The molecule has 0 saturated heterocycles. The Morgan fingerprint density at radius 3 is 2.91 bits per heavy atom. The molecule has 23 heavy (non-hydrogen) atoms. The van der Waals surface area contributed by atoms with Gasteiger partial charge in [0, 0.05) is 23.0 Å². The van der Waals surface area contributed by atoms with E-state index in [4.69, 9.17) is 11.6 Å². The van der Waals surface area contributed by atoms with Crippen LogP contribution in [0.4, 0.5) is 4.79 Å². The third-order valence-electron chi connectivity index (χ3n) is 5.14. The first-order chi connectivity index (χ1) is 11.0. The number of rotatable bonds is 3. The van der Waals surface area contributed by atoms with E-state index in [0.717, 1.165) is 16.5 Å². The first kappa shape index (κ1) is 14.8. The monoisotopic (exact) mass is 334 g/mol. The van der Waals surface area contributed by atoms with Gasteiger partial charge in [0.05, 0.1) is 17.3 Å². The molecule has 1 heterocycles. The molecule has 0 aliphatic heterocycles. The minimum absolute atomic E-state index is 0.129. The first-order valence-electron chi connectivity index (χ1n) is 7.91. The van der Waals surface area contributed by atoms with Crippen molar-refractivity contribution in [2.24, 2.45) is 11.8 Å². The minimum atomic E-state index is -0.901. The Hall–Kier alpha value is -1.79. The van der Waals surface area contributed by atoms with Crippen molar-refractivity contribution in [1.82, 2.24) is 20.8 Å². The number of amides is 2. The van der Waals surface area contributed by atoms with Crippen LogP contribution in [0.2, 0.25) is 5.02 Å². The molecule has 2 unspecified atom stereocenters. The highest BCUT2D eigenvalue weighted by molar-refractivity contribution is 6.31. The van der Waals surface area contributed by atoms with Crippen molar-refractivity contribution in [1.29, 1.82) is 0 Å². The van der Waals surface area contributed by atoms with Gasteiger partial charge in [-0.1, -0.05) is 11.6 Å². The van der Waals surface area contributed by atoms with Crippen LogP contribution in [0, 0.1) is 11.8 Å². The summed E-state index contributed by atoms with van der Waals surface area (Å²) in [6, 6.07) is 3.68. The molecule has 4 rings (SSSR count). The largest absolute Gasteiger partial charge is 0.385 e. The lowest BCUT2D eigenvalue weighted by Gasteiger charge is -2.27. The van der Waals surface area contributed by atoms with Gasteiger partial charge in [0.15, 0.2) is 0 Å². The second kappa shape index (κ2) is 5.11. The van der Waals surface area contributed by atoms with E-state index in [2.05, 4.69) is 20.8 Å². The van der Waals surface area contributed by atoms with Gasteiger partial charge in [-0.15, -0.1) is 0 Å². The Bertz CT molecular complexity index is 763. The highest BCUT2D eigenvalue weighted by atomic mass is 35.5. The van der Waals surface area contributed by atoms with E-state index in [1.807, 2.05) is 19.1 Å². The maximum atomic E-state index is 11.6. The number of nitrogens with one attached hydrogen (secondary N) is 3. The van der Waals surface area contributed by atoms with Crippen LogP contribution < -0.4 is 10.6 Å². The van der Waals surface area contributed by atoms with Crippen molar-refractivity contribution in [2.45, 2.75) is 31.4 Å². The summed E-state index contributed by atoms with van der Waals surface area (Å²) in [7, 11) is 0. The van der Waals surface area contributed by atoms with Gasteiger partial charge in [-0.05, 0) is 49.3 Å². The van der Waals surface area contributed by atoms with Crippen molar-refractivity contribution >= 4 is 28.5 Å². The Labute approximate surface area is 138 Å². The molecule has 0 bridgehead atoms. The molecule has 122 valence electrons. The zero-order valence-corrected chi connectivity index (χ0v) is 13.5. The van der Waals surface area contributed by atoms with E-state index < -0.39 is 5.60 Å². The number of hydrogen-bond acceptors (Lipinski definition) is 3. The number of hydrogen-bond donors (Lipinski definition) is 4. The fraction of sp³-hybridized carbons (Fsp3) is 0.500. The third kappa shape index (κ3) is 2.37. The van der Waals surface area contributed by atoms with Crippen LogP contribution in [0.5, 0.6) is 0 Å². The SMILES string of the molecule is CCNC(=O)NC1C2CC(O)(c3cc(Cl)cc4[nH]ncc34)CC21. The van der Waals surface area contributed by atoms with Gasteiger partial charge in [0.2, 0.25) is 0 Å². The number of benzene rings is 1. The van der Waals surface area contributed by atoms with Gasteiger partial charge >= 0.3 is 6.03 Å². The fourth-order valence-corrected chi connectivity index (χ4v) is 4.28. The summed E-state index contributed by atoms with van der Waals surface area (Å²) in [5, 5.41) is 25.3. The van der Waals surface area contributed by atoms with Crippen LogP contribution in [-0.2, 0) is 5.60 Å². The van der Waals surface area contributed by atoms with E-state index >= 15 is 0 Å². The molecule has 2 saturated carbocycles. The lowest BCUT2D eigenvalue weighted by molar-refractivity contribution is 0.0299. The number of H-pyrrole nitrogens is 1. The number of carbonyl (C=O) groups excluding carboxylic acids is 1. The highest BCUT2D eigenvalue weighted by Gasteiger charge is 2.62. The smallest absolute Gasteiger partial charge is 0.315 e. The van der Waals surface area contributed by atoms with E-state index in [9.17, 15) is 9.90 Å². The van der Waals surface area contributed by atoms with E-state index in [1.54, 1.807) is 6.20 Å². The van der Waals surface area contributed by atoms with Crippen molar-refractivity contribution < 1.29 is 9.90 Å². The zero-order chi connectivity index (χ0) is 16.2. The van der Waals surface area contributed by atoms with E-state index in [1.165, 1.54) is 0 Å². The third-order valence-corrected chi connectivity index (χ3v) is 5.36. The number of aromatic nitrogens is 2. The van der Waals surface area contributed by atoms with Crippen LogP contribution >= 0.6 is 11.6 Å².